The van der Waals surface area contributed by atoms with Crippen LogP contribution >= 0.6 is 0 Å². The van der Waals surface area contributed by atoms with Gasteiger partial charge in [0.15, 0.2) is 0 Å². The van der Waals surface area contributed by atoms with Gasteiger partial charge in [-0.2, -0.15) is 0 Å². The Hall–Kier alpha value is -2.22. The van der Waals surface area contributed by atoms with Crippen molar-refractivity contribution in [1.82, 2.24) is 15.2 Å². The summed E-state index contributed by atoms with van der Waals surface area (Å²) in [6.45, 7) is 3.57. The summed E-state index contributed by atoms with van der Waals surface area (Å²) in [6, 6.07) is 1.23. The number of hydrogen-bond donors (Lipinski definition) is 2. The van der Waals surface area contributed by atoms with Gasteiger partial charge in [0.05, 0.1) is 10.5 Å². The molecule has 8 heteroatoms. The molecule has 0 spiro atoms. The lowest BCUT2D eigenvalue weighted by Gasteiger charge is -2.12. The topological polar surface area (TPSA) is 100 Å². The van der Waals surface area contributed by atoms with E-state index >= 15 is 0 Å². The van der Waals surface area contributed by atoms with Gasteiger partial charge in [0.2, 0.25) is 0 Å². The van der Waals surface area contributed by atoms with Gasteiger partial charge in [0, 0.05) is 25.7 Å². The average Bonchev–Trinajstić information content (AvgIpc) is 2.38. The molecule has 1 rings (SSSR count). The normalized spacial score (nSPS) is 10.4. The molecular formula is C12H19N5O3. The van der Waals surface area contributed by atoms with E-state index in [-0.39, 0.29) is 17.2 Å². The number of aromatic nitrogens is 1. The Morgan fingerprint density at radius 1 is 1.50 bits per heavy atom. The Labute approximate surface area is 117 Å². The second kappa shape index (κ2) is 7.39. The van der Waals surface area contributed by atoms with Crippen molar-refractivity contribution in [2.24, 2.45) is 0 Å². The van der Waals surface area contributed by atoms with Crippen LogP contribution in [0.5, 0.6) is 0 Å². The van der Waals surface area contributed by atoms with E-state index in [1.54, 1.807) is 0 Å². The van der Waals surface area contributed by atoms with Crippen molar-refractivity contribution in [2.45, 2.75) is 6.92 Å². The predicted molar refractivity (Wildman–Crippen MR) is 75.9 cm³/mol. The highest BCUT2D eigenvalue weighted by atomic mass is 16.6. The fourth-order valence-corrected chi connectivity index (χ4v) is 1.52. The molecule has 1 aromatic heterocycles. The number of carbonyl (C=O) groups excluding carboxylic acids is 1. The minimum atomic E-state index is -0.570. The molecule has 2 N–H and O–H groups in total. The third-order valence-corrected chi connectivity index (χ3v) is 2.52. The molecule has 0 unspecified atom stereocenters. The predicted octanol–water partition coefficient (Wildman–Crippen LogP) is 0.713. The molecule has 8 nitrogen and oxygen atoms in total. The number of nitrogens with zero attached hydrogens (tertiary/aromatic N) is 3. The average molecular weight is 281 g/mol. The van der Waals surface area contributed by atoms with E-state index in [1.165, 1.54) is 6.07 Å². The Kier molecular flexibility index (Phi) is 5.85. The van der Waals surface area contributed by atoms with Gasteiger partial charge in [-0.25, -0.2) is 4.98 Å². The summed E-state index contributed by atoms with van der Waals surface area (Å²) in [5.74, 6) is -0.0283. The number of hydrogen-bond acceptors (Lipinski definition) is 6. The van der Waals surface area contributed by atoms with Gasteiger partial charge in [-0.15, -0.1) is 0 Å². The zero-order valence-electron chi connectivity index (χ0n) is 11.8. The third-order valence-electron chi connectivity index (χ3n) is 2.52. The molecule has 1 amide bonds. The lowest BCUT2D eigenvalue weighted by Crippen LogP contribution is -2.32. The Balaban J connectivity index is 2.90. The van der Waals surface area contributed by atoms with Crippen molar-refractivity contribution < 1.29 is 9.72 Å². The largest absolute Gasteiger partial charge is 0.370 e. The number of pyridine rings is 1. The van der Waals surface area contributed by atoms with Crippen molar-refractivity contribution in [1.29, 1.82) is 0 Å². The molecule has 1 heterocycles. The zero-order chi connectivity index (χ0) is 15.1. The summed E-state index contributed by atoms with van der Waals surface area (Å²) in [4.78, 5) is 28.1. The molecule has 0 aliphatic heterocycles. The summed E-state index contributed by atoms with van der Waals surface area (Å²) in [7, 11) is 3.79. The summed E-state index contributed by atoms with van der Waals surface area (Å²) in [5.41, 5.74) is -0.0239. The molecule has 0 aromatic carbocycles. The summed E-state index contributed by atoms with van der Waals surface area (Å²) >= 11 is 0. The summed E-state index contributed by atoms with van der Waals surface area (Å²) < 4.78 is 0. The van der Waals surface area contributed by atoms with Crippen LogP contribution < -0.4 is 10.6 Å². The van der Waals surface area contributed by atoms with Gasteiger partial charge >= 0.3 is 0 Å². The number of carbonyl (C=O) groups is 1. The first kappa shape index (κ1) is 15.8. The van der Waals surface area contributed by atoms with Gasteiger partial charge in [0.1, 0.15) is 12.0 Å². The SMILES string of the molecule is CCNc1ncc([N+](=O)[O-])cc1C(=O)NCCN(C)C. The van der Waals surface area contributed by atoms with Crippen LogP contribution in [0, 0.1) is 10.1 Å². The third kappa shape index (κ3) is 4.47. The molecule has 0 bridgehead atoms. The van der Waals surface area contributed by atoms with E-state index in [1.807, 2.05) is 25.9 Å². The van der Waals surface area contributed by atoms with Gasteiger partial charge in [-0.05, 0) is 21.0 Å². The second-order valence-corrected chi connectivity index (χ2v) is 4.44. The van der Waals surface area contributed by atoms with Crippen LogP contribution in [-0.4, -0.2) is 54.4 Å². The first-order chi connectivity index (χ1) is 9.45. The highest BCUT2D eigenvalue weighted by Crippen LogP contribution is 2.18. The van der Waals surface area contributed by atoms with Crippen LogP contribution in [0.15, 0.2) is 12.3 Å². The number of nitro groups is 1. The van der Waals surface area contributed by atoms with Crippen LogP contribution in [-0.2, 0) is 0 Å². The second-order valence-electron chi connectivity index (χ2n) is 4.44. The zero-order valence-corrected chi connectivity index (χ0v) is 11.8. The number of rotatable bonds is 7. The van der Waals surface area contributed by atoms with Crippen molar-refractivity contribution in [3.05, 3.63) is 27.9 Å². The molecule has 0 saturated carbocycles. The first-order valence-electron chi connectivity index (χ1n) is 6.27. The standard InChI is InChI=1S/C12H19N5O3/c1-4-13-11-10(7-9(8-15-11)17(19)20)12(18)14-5-6-16(2)3/h7-8H,4-6H2,1-3H3,(H,13,15)(H,14,18). The number of likely N-dealkylation sites (N-methyl/N-ethyl adjacent to an activating group) is 1. The van der Waals surface area contributed by atoms with E-state index in [4.69, 9.17) is 0 Å². The van der Waals surface area contributed by atoms with Gasteiger partial charge in [0.25, 0.3) is 11.6 Å². The van der Waals surface area contributed by atoms with Crippen LogP contribution in [0.4, 0.5) is 11.5 Å². The molecule has 20 heavy (non-hydrogen) atoms. The number of nitrogens with one attached hydrogen (secondary N) is 2. The van der Waals surface area contributed by atoms with E-state index in [0.717, 1.165) is 6.20 Å². The van der Waals surface area contributed by atoms with Crippen LogP contribution in [0.2, 0.25) is 0 Å². The van der Waals surface area contributed by atoms with Gasteiger partial charge < -0.3 is 15.5 Å². The fraction of sp³-hybridized carbons (Fsp3) is 0.500. The van der Waals surface area contributed by atoms with Crippen LogP contribution in [0.1, 0.15) is 17.3 Å². The maximum absolute atomic E-state index is 12.1. The van der Waals surface area contributed by atoms with Gasteiger partial charge in [-0.1, -0.05) is 0 Å². The van der Waals surface area contributed by atoms with E-state index < -0.39 is 4.92 Å². The molecule has 0 saturated heterocycles. The molecule has 0 radical (unpaired) electrons. The Morgan fingerprint density at radius 3 is 2.75 bits per heavy atom. The van der Waals surface area contributed by atoms with Crippen LogP contribution in [0.3, 0.4) is 0 Å². The van der Waals surface area contributed by atoms with E-state index in [2.05, 4.69) is 15.6 Å². The maximum Gasteiger partial charge on any atom is 0.288 e. The van der Waals surface area contributed by atoms with Crippen molar-refractivity contribution in [3.8, 4) is 0 Å². The highest BCUT2D eigenvalue weighted by Gasteiger charge is 2.17. The molecular weight excluding hydrogens is 262 g/mol. The summed E-state index contributed by atoms with van der Waals surface area (Å²) in [6.07, 6.45) is 1.13. The molecule has 0 atom stereocenters. The van der Waals surface area contributed by atoms with Crippen molar-refractivity contribution in [2.75, 3.05) is 39.0 Å². The smallest absolute Gasteiger partial charge is 0.288 e. The minimum absolute atomic E-state index is 0.180. The summed E-state index contributed by atoms with van der Waals surface area (Å²) in [5, 5.41) is 16.4. The van der Waals surface area contributed by atoms with E-state index in [0.29, 0.717) is 25.5 Å². The number of anilines is 1. The lowest BCUT2D eigenvalue weighted by atomic mass is 10.2. The highest BCUT2D eigenvalue weighted by molar-refractivity contribution is 5.99. The fourth-order valence-electron chi connectivity index (χ4n) is 1.52. The van der Waals surface area contributed by atoms with Crippen molar-refractivity contribution >= 4 is 17.4 Å². The molecule has 110 valence electrons. The Bertz CT molecular complexity index is 490. The lowest BCUT2D eigenvalue weighted by molar-refractivity contribution is -0.385. The number of amides is 1. The van der Waals surface area contributed by atoms with Gasteiger partial charge in [-0.3, -0.25) is 14.9 Å². The monoisotopic (exact) mass is 281 g/mol. The Morgan fingerprint density at radius 2 is 2.20 bits per heavy atom. The van der Waals surface area contributed by atoms with Crippen LogP contribution in [0.25, 0.3) is 0 Å². The maximum atomic E-state index is 12.1. The quantitative estimate of drug-likeness (QED) is 0.564. The first-order valence-corrected chi connectivity index (χ1v) is 6.27. The molecule has 0 aliphatic rings. The molecule has 1 aromatic rings. The molecule has 0 aliphatic carbocycles. The molecule has 0 fully saturated rings. The minimum Gasteiger partial charge on any atom is -0.370 e. The van der Waals surface area contributed by atoms with Crippen molar-refractivity contribution in [3.63, 3.8) is 0 Å². The van der Waals surface area contributed by atoms with E-state index in [9.17, 15) is 14.9 Å².